The predicted molar refractivity (Wildman–Crippen MR) is 28.5 cm³/mol. The number of hydrogen-bond acceptors (Lipinski definition) is 2. The highest BCUT2D eigenvalue weighted by atomic mass is 19.4. The molecule has 10 heavy (non-hydrogen) atoms. The van der Waals surface area contributed by atoms with Crippen molar-refractivity contribution in [2.45, 2.75) is 18.2 Å². The van der Waals surface area contributed by atoms with Gasteiger partial charge in [-0.05, 0) is 0 Å². The van der Waals surface area contributed by atoms with Gasteiger partial charge in [-0.25, -0.2) is 0 Å². The van der Waals surface area contributed by atoms with Crippen molar-refractivity contribution in [1.29, 1.82) is 0 Å². The van der Waals surface area contributed by atoms with Gasteiger partial charge in [0.15, 0.2) is 0 Å². The van der Waals surface area contributed by atoms with E-state index in [-0.39, 0.29) is 13.1 Å². The lowest BCUT2D eigenvalue weighted by Gasteiger charge is -2.37. The third-order valence-electron chi connectivity index (χ3n) is 1.44. The van der Waals surface area contributed by atoms with Crippen LogP contribution < -0.4 is 5.32 Å². The fourth-order valence-corrected chi connectivity index (χ4v) is 0.912. The Hall–Kier alpha value is -0.290. The highest BCUT2D eigenvalue weighted by molar-refractivity contribution is 4.94. The molecule has 1 aliphatic heterocycles. The van der Waals surface area contributed by atoms with Crippen molar-refractivity contribution in [3.8, 4) is 0 Å². The molecule has 5 heteroatoms. The van der Waals surface area contributed by atoms with Crippen LogP contribution in [0.5, 0.6) is 0 Å². The van der Waals surface area contributed by atoms with Crippen LogP contribution in [0.1, 0.15) is 6.42 Å². The summed E-state index contributed by atoms with van der Waals surface area (Å²) in [7, 11) is 0. The Labute approximate surface area is 56.0 Å². The Morgan fingerprint density at radius 2 is 1.90 bits per heavy atom. The summed E-state index contributed by atoms with van der Waals surface area (Å²) in [6, 6.07) is 0. The van der Waals surface area contributed by atoms with E-state index >= 15 is 0 Å². The van der Waals surface area contributed by atoms with Gasteiger partial charge in [0.1, 0.15) is 0 Å². The minimum atomic E-state index is -4.25. The summed E-state index contributed by atoms with van der Waals surface area (Å²) < 4.78 is 34.8. The summed E-state index contributed by atoms with van der Waals surface area (Å²) in [4.78, 5) is 0. The maximum Gasteiger partial charge on any atom is 0.391 e. The van der Waals surface area contributed by atoms with Gasteiger partial charge in [-0.2, -0.15) is 13.2 Å². The van der Waals surface area contributed by atoms with Gasteiger partial charge in [0.2, 0.25) is 0 Å². The first kappa shape index (κ1) is 7.81. The topological polar surface area (TPSA) is 32.3 Å². The van der Waals surface area contributed by atoms with Crippen LogP contribution in [0.4, 0.5) is 13.2 Å². The number of nitrogens with one attached hydrogen (secondary N) is 1. The SMILES string of the molecule is OC1(CC(F)(F)F)CNC1. The molecule has 0 aromatic rings. The average Bonchev–Trinajstić information content (AvgIpc) is 1.57. The van der Waals surface area contributed by atoms with Crippen molar-refractivity contribution in [2.75, 3.05) is 13.1 Å². The fraction of sp³-hybridized carbons (Fsp3) is 1.00. The number of halogens is 3. The lowest BCUT2D eigenvalue weighted by Crippen LogP contribution is -2.61. The normalized spacial score (nSPS) is 24.0. The van der Waals surface area contributed by atoms with Crippen LogP contribution >= 0.6 is 0 Å². The zero-order valence-corrected chi connectivity index (χ0v) is 5.20. The van der Waals surface area contributed by atoms with Gasteiger partial charge in [-0.3, -0.25) is 0 Å². The van der Waals surface area contributed by atoms with Gasteiger partial charge in [0.05, 0.1) is 12.0 Å². The van der Waals surface area contributed by atoms with E-state index in [1.165, 1.54) is 0 Å². The van der Waals surface area contributed by atoms with Crippen molar-refractivity contribution in [2.24, 2.45) is 0 Å². The molecule has 2 nitrogen and oxygen atoms in total. The zero-order valence-electron chi connectivity index (χ0n) is 5.20. The largest absolute Gasteiger partial charge is 0.391 e. The molecule has 0 spiro atoms. The molecule has 1 aliphatic rings. The van der Waals surface area contributed by atoms with E-state index in [0.717, 1.165) is 0 Å². The first-order valence-corrected chi connectivity index (χ1v) is 2.91. The number of hydrogen-bond donors (Lipinski definition) is 2. The number of aliphatic hydroxyl groups is 1. The van der Waals surface area contributed by atoms with Crippen LogP contribution in [0.25, 0.3) is 0 Å². The second kappa shape index (κ2) is 2.10. The van der Waals surface area contributed by atoms with E-state index in [1.807, 2.05) is 0 Å². The lowest BCUT2D eigenvalue weighted by atomic mass is 9.93. The first-order valence-electron chi connectivity index (χ1n) is 2.91. The summed E-state index contributed by atoms with van der Waals surface area (Å²) in [6.07, 6.45) is -5.36. The second-order valence-electron chi connectivity index (χ2n) is 2.62. The maximum atomic E-state index is 11.6. The molecule has 0 bridgehead atoms. The van der Waals surface area contributed by atoms with Crippen LogP contribution in [0, 0.1) is 0 Å². The molecule has 0 unspecified atom stereocenters. The summed E-state index contributed by atoms with van der Waals surface area (Å²) in [6.45, 7) is 0.0962. The Bertz CT molecular complexity index is 129. The van der Waals surface area contributed by atoms with Crippen LogP contribution in [-0.2, 0) is 0 Å². The average molecular weight is 155 g/mol. The molecule has 0 saturated carbocycles. The molecule has 0 amide bonds. The second-order valence-corrected chi connectivity index (χ2v) is 2.62. The Morgan fingerprint density at radius 3 is 2.00 bits per heavy atom. The lowest BCUT2D eigenvalue weighted by molar-refractivity contribution is -0.185. The van der Waals surface area contributed by atoms with Gasteiger partial charge in [-0.1, -0.05) is 0 Å². The van der Waals surface area contributed by atoms with E-state index in [2.05, 4.69) is 5.32 Å². The Morgan fingerprint density at radius 1 is 1.40 bits per heavy atom. The van der Waals surface area contributed by atoms with Crippen molar-refractivity contribution < 1.29 is 18.3 Å². The molecule has 0 radical (unpaired) electrons. The molecule has 1 heterocycles. The van der Waals surface area contributed by atoms with E-state index in [9.17, 15) is 13.2 Å². The first-order chi connectivity index (χ1) is 4.41. The van der Waals surface area contributed by atoms with Crippen LogP contribution in [0.3, 0.4) is 0 Å². The summed E-state index contributed by atoms with van der Waals surface area (Å²) >= 11 is 0. The fourth-order valence-electron chi connectivity index (χ4n) is 0.912. The van der Waals surface area contributed by atoms with Gasteiger partial charge in [-0.15, -0.1) is 0 Å². The monoisotopic (exact) mass is 155 g/mol. The number of rotatable bonds is 1. The summed E-state index contributed by atoms with van der Waals surface area (Å²) in [5, 5.41) is 11.5. The third kappa shape index (κ3) is 1.85. The number of β-amino-alcohol motifs (C(OH)–C–C–N with tert-alkyl or cyclic N) is 1. The molecule has 0 aliphatic carbocycles. The highest BCUT2D eigenvalue weighted by Crippen LogP contribution is 2.29. The quantitative estimate of drug-likeness (QED) is 0.569. The van der Waals surface area contributed by atoms with Crippen molar-refractivity contribution in [3.63, 3.8) is 0 Å². The molecular formula is C5H8F3NO. The minimum absolute atomic E-state index is 0.0481. The molecule has 0 aromatic heterocycles. The van der Waals surface area contributed by atoms with E-state index < -0.39 is 18.2 Å². The van der Waals surface area contributed by atoms with Crippen LogP contribution in [0.15, 0.2) is 0 Å². The van der Waals surface area contributed by atoms with Gasteiger partial charge >= 0.3 is 6.18 Å². The maximum absolute atomic E-state index is 11.6. The minimum Gasteiger partial charge on any atom is -0.387 e. The van der Waals surface area contributed by atoms with Gasteiger partial charge in [0.25, 0.3) is 0 Å². The van der Waals surface area contributed by atoms with Gasteiger partial charge < -0.3 is 10.4 Å². The van der Waals surface area contributed by atoms with E-state index in [4.69, 9.17) is 5.11 Å². The predicted octanol–water partition coefficient (Wildman–Crippen LogP) is 0.273. The highest BCUT2D eigenvalue weighted by Gasteiger charge is 2.44. The molecular weight excluding hydrogens is 147 g/mol. The molecule has 2 N–H and O–H groups in total. The molecule has 1 rings (SSSR count). The Kier molecular flexibility index (Phi) is 1.64. The summed E-state index contributed by atoms with van der Waals surface area (Å²) in [5.41, 5.74) is -1.53. The van der Waals surface area contributed by atoms with Crippen molar-refractivity contribution in [3.05, 3.63) is 0 Å². The third-order valence-corrected chi connectivity index (χ3v) is 1.44. The standard InChI is InChI=1S/C5H8F3NO/c6-5(7,8)1-4(10)2-9-3-4/h9-10H,1-3H2. The van der Waals surface area contributed by atoms with E-state index in [1.54, 1.807) is 0 Å². The summed E-state index contributed by atoms with van der Waals surface area (Å²) in [5.74, 6) is 0. The van der Waals surface area contributed by atoms with Crippen molar-refractivity contribution in [1.82, 2.24) is 5.32 Å². The molecule has 1 fully saturated rings. The molecule has 0 aromatic carbocycles. The van der Waals surface area contributed by atoms with Crippen LogP contribution in [-0.4, -0.2) is 30.0 Å². The van der Waals surface area contributed by atoms with E-state index in [0.29, 0.717) is 0 Å². The van der Waals surface area contributed by atoms with Crippen LogP contribution in [0.2, 0.25) is 0 Å². The number of alkyl halides is 3. The molecule has 1 saturated heterocycles. The van der Waals surface area contributed by atoms with Crippen molar-refractivity contribution >= 4 is 0 Å². The Balaban J connectivity index is 2.37. The zero-order chi connectivity index (χ0) is 7.83. The van der Waals surface area contributed by atoms with Gasteiger partial charge in [0, 0.05) is 13.1 Å². The smallest absolute Gasteiger partial charge is 0.387 e. The molecule has 0 atom stereocenters. The molecule has 60 valence electrons.